The van der Waals surface area contributed by atoms with Crippen LogP contribution in [0.3, 0.4) is 0 Å². The van der Waals surface area contributed by atoms with Crippen LogP contribution < -0.4 is 4.90 Å². The van der Waals surface area contributed by atoms with Gasteiger partial charge < -0.3 is 4.90 Å². The van der Waals surface area contributed by atoms with Crippen LogP contribution in [0.1, 0.15) is 23.6 Å². The topological polar surface area (TPSA) is 65.7 Å². The third-order valence-electron chi connectivity index (χ3n) is 3.45. The van der Waals surface area contributed by atoms with E-state index < -0.39 is 0 Å². The predicted molar refractivity (Wildman–Crippen MR) is 70.6 cm³/mol. The number of hydrogen-bond acceptors (Lipinski definition) is 5. The van der Waals surface area contributed by atoms with E-state index in [2.05, 4.69) is 32.2 Å². The highest BCUT2D eigenvalue weighted by molar-refractivity contribution is 5.41. The van der Waals surface area contributed by atoms with Crippen LogP contribution in [0.4, 0.5) is 5.82 Å². The Hall–Kier alpha value is -2.48. The second kappa shape index (κ2) is 5.02. The van der Waals surface area contributed by atoms with Crippen LogP contribution in [0.25, 0.3) is 0 Å². The summed E-state index contributed by atoms with van der Waals surface area (Å²) in [5.74, 6) is 1.36. The van der Waals surface area contributed by atoms with Crippen molar-refractivity contribution in [3.63, 3.8) is 0 Å². The molecule has 0 bridgehead atoms. The molecule has 0 amide bonds. The van der Waals surface area contributed by atoms with Crippen molar-refractivity contribution < 1.29 is 0 Å². The highest BCUT2D eigenvalue weighted by atomic mass is 15.3. The van der Waals surface area contributed by atoms with Crippen LogP contribution in [0.15, 0.2) is 36.7 Å². The van der Waals surface area contributed by atoms with Crippen LogP contribution >= 0.6 is 0 Å². The lowest BCUT2D eigenvalue weighted by atomic mass is 10.00. The second-order valence-electron chi connectivity index (χ2n) is 4.60. The minimum Gasteiger partial charge on any atom is -0.354 e. The SMILES string of the molecule is N#Cc1ccc(N2CCC(c3ccncc3)C2)nn1. The molecule has 0 aliphatic carbocycles. The maximum Gasteiger partial charge on any atom is 0.163 e. The summed E-state index contributed by atoms with van der Waals surface area (Å²) in [5.41, 5.74) is 1.67. The Bertz CT molecular complexity index is 587. The van der Waals surface area contributed by atoms with Crippen LogP contribution in [-0.4, -0.2) is 28.3 Å². The Balaban J connectivity index is 1.73. The molecule has 3 heterocycles. The molecule has 1 aliphatic heterocycles. The molecule has 19 heavy (non-hydrogen) atoms. The van der Waals surface area contributed by atoms with Gasteiger partial charge in [-0.05, 0) is 36.2 Å². The van der Waals surface area contributed by atoms with Crippen LogP contribution in [-0.2, 0) is 0 Å². The van der Waals surface area contributed by atoms with Crippen molar-refractivity contribution >= 4 is 5.82 Å². The molecule has 0 radical (unpaired) electrons. The minimum atomic E-state index is 0.355. The number of aromatic nitrogens is 3. The van der Waals surface area contributed by atoms with Gasteiger partial charge in [-0.2, -0.15) is 5.26 Å². The lowest BCUT2D eigenvalue weighted by Gasteiger charge is -2.16. The zero-order valence-electron chi connectivity index (χ0n) is 10.4. The quantitative estimate of drug-likeness (QED) is 0.813. The maximum absolute atomic E-state index is 8.71. The fourth-order valence-corrected chi connectivity index (χ4v) is 2.43. The van der Waals surface area contributed by atoms with Gasteiger partial charge in [-0.15, -0.1) is 10.2 Å². The predicted octanol–water partition coefficient (Wildman–Crippen LogP) is 1.74. The number of hydrogen-bond donors (Lipinski definition) is 0. The lowest BCUT2D eigenvalue weighted by Crippen LogP contribution is -2.20. The normalized spacial score (nSPS) is 18.3. The van der Waals surface area contributed by atoms with Gasteiger partial charge in [0.1, 0.15) is 6.07 Å². The van der Waals surface area contributed by atoms with Gasteiger partial charge in [0.25, 0.3) is 0 Å². The molecule has 0 spiro atoms. The average molecular weight is 251 g/mol. The second-order valence-corrected chi connectivity index (χ2v) is 4.60. The standard InChI is InChI=1S/C14H13N5/c15-9-13-1-2-14(18-17-13)19-8-5-12(10-19)11-3-6-16-7-4-11/h1-4,6-7,12H,5,8,10H2. The van der Waals surface area contributed by atoms with Crippen LogP contribution in [0, 0.1) is 11.3 Å². The van der Waals surface area contributed by atoms with Crippen molar-refractivity contribution in [2.75, 3.05) is 18.0 Å². The summed E-state index contributed by atoms with van der Waals surface area (Å²) in [7, 11) is 0. The summed E-state index contributed by atoms with van der Waals surface area (Å²) in [5, 5.41) is 16.7. The van der Waals surface area contributed by atoms with Crippen molar-refractivity contribution in [1.82, 2.24) is 15.2 Å². The summed E-state index contributed by atoms with van der Waals surface area (Å²) < 4.78 is 0. The van der Waals surface area contributed by atoms with Gasteiger partial charge in [0.15, 0.2) is 11.5 Å². The molecule has 94 valence electrons. The molecular weight excluding hydrogens is 238 g/mol. The van der Waals surface area contributed by atoms with Crippen molar-refractivity contribution in [3.05, 3.63) is 47.9 Å². The summed E-state index contributed by atoms with van der Waals surface area (Å²) in [6, 6.07) is 9.69. The summed E-state index contributed by atoms with van der Waals surface area (Å²) in [6.07, 6.45) is 4.77. The van der Waals surface area contributed by atoms with E-state index in [1.807, 2.05) is 24.5 Å². The van der Waals surface area contributed by atoms with E-state index in [4.69, 9.17) is 5.26 Å². The zero-order valence-corrected chi connectivity index (χ0v) is 10.4. The fourth-order valence-electron chi connectivity index (χ4n) is 2.43. The first kappa shape index (κ1) is 11.6. The third kappa shape index (κ3) is 2.38. The van der Waals surface area contributed by atoms with Gasteiger partial charge in [0.05, 0.1) is 0 Å². The summed E-state index contributed by atoms with van der Waals surface area (Å²) in [6.45, 7) is 1.90. The first-order valence-corrected chi connectivity index (χ1v) is 6.25. The molecule has 3 rings (SSSR count). The van der Waals surface area contributed by atoms with E-state index in [0.717, 1.165) is 25.3 Å². The smallest absolute Gasteiger partial charge is 0.163 e. The molecule has 2 aromatic heterocycles. The molecule has 1 fully saturated rings. The maximum atomic E-state index is 8.71. The van der Waals surface area contributed by atoms with Gasteiger partial charge in [-0.3, -0.25) is 4.98 Å². The van der Waals surface area contributed by atoms with Gasteiger partial charge in [-0.25, -0.2) is 0 Å². The number of pyridine rings is 1. The zero-order chi connectivity index (χ0) is 13.1. The van der Waals surface area contributed by atoms with Gasteiger partial charge >= 0.3 is 0 Å². The molecular formula is C14H13N5. The highest BCUT2D eigenvalue weighted by Gasteiger charge is 2.24. The molecule has 0 N–H and O–H groups in total. The van der Waals surface area contributed by atoms with E-state index in [0.29, 0.717) is 11.6 Å². The van der Waals surface area contributed by atoms with E-state index in [1.165, 1.54) is 5.56 Å². The molecule has 1 atom stereocenters. The van der Waals surface area contributed by atoms with Crippen molar-refractivity contribution in [2.45, 2.75) is 12.3 Å². The highest BCUT2D eigenvalue weighted by Crippen LogP contribution is 2.29. The summed E-state index contributed by atoms with van der Waals surface area (Å²) >= 11 is 0. The Kier molecular flexibility index (Phi) is 3.07. The van der Waals surface area contributed by atoms with Crippen LogP contribution in [0.5, 0.6) is 0 Å². The lowest BCUT2D eigenvalue weighted by molar-refractivity contribution is 0.771. The Morgan fingerprint density at radius 3 is 2.68 bits per heavy atom. The van der Waals surface area contributed by atoms with Crippen molar-refractivity contribution in [1.29, 1.82) is 5.26 Å². The van der Waals surface area contributed by atoms with Gasteiger partial charge in [0, 0.05) is 31.4 Å². The molecule has 0 aromatic carbocycles. The Morgan fingerprint density at radius 1 is 1.16 bits per heavy atom. The Morgan fingerprint density at radius 2 is 2.00 bits per heavy atom. The van der Waals surface area contributed by atoms with Crippen LogP contribution in [0.2, 0.25) is 0 Å². The molecule has 5 nitrogen and oxygen atoms in total. The average Bonchev–Trinajstić information content (AvgIpc) is 2.98. The summed E-state index contributed by atoms with van der Waals surface area (Å²) in [4.78, 5) is 6.25. The van der Waals surface area contributed by atoms with Crippen molar-refractivity contribution in [2.24, 2.45) is 0 Å². The molecule has 0 saturated carbocycles. The number of rotatable bonds is 2. The first-order chi connectivity index (χ1) is 9.36. The third-order valence-corrected chi connectivity index (χ3v) is 3.45. The van der Waals surface area contributed by atoms with Crippen molar-refractivity contribution in [3.8, 4) is 6.07 Å². The largest absolute Gasteiger partial charge is 0.354 e. The molecule has 1 unspecified atom stereocenters. The molecule has 5 heteroatoms. The monoisotopic (exact) mass is 251 g/mol. The minimum absolute atomic E-state index is 0.355. The fraction of sp³-hybridized carbons (Fsp3) is 0.286. The van der Waals surface area contributed by atoms with Gasteiger partial charge in [-0.1, -0.05) is 0 Å². The van der Waals surface area contributed by atoms with E-state index in [-0.39, 0.29) is 0 Å². The number of nitrogens with zero attached hydrogens (tertiary/aromatic N) is 5. The van der Waals surface area contributed by atoms with E-state index >= 15 is 0 Å². The van der Waals surface area contributed by atoms with E-state index in [9.17, 15) is 0 Å². The van der Waals surface area contributed by atoms with Gasteiger partial charge in [0.2, 0.25) is 0 Å². The number of nitriles is 1. The number of anilines is 1. The first-order valence-electron chi connectivity index (χ1n) is 6.25. The molecule has 1 saturated heterocycles. The molecule has 1 aliphatic rings. The van der Waals surface area contributed by atoms with E-state index in [1.54, 1.807) is 6.07 Å². The molecule has 2 aromatic rings. The Labute approximate surface area is 111 Å².